The molecular weight excluding hydrogens is 457 g/mol. The van der Waals surface area contributed by atoms with Crippen LogP contribution in [-0.2, 0) is 11.0 Å². The highest BCUT2D eigenvalue weighted by atomic mass is 31.2. The molecule has 0 saturated heterocycles. The van der Waals surface area contributed by atoms with Crippen LogP contribution in [0.15, 0.2) is 65.4 Å². The van der Waals surface area contributed by atoms with Gasteiger partial charge in [0.2, 0.25) is 13.5 Å². The summed E-state index contributed by atoms with van der Waals surface area (Å²) in [7, 11) is -4.07. The van der Waals surface area contributed by atoms with E-state index in [1.807, 2.05) is 0 Å². The number of nitrogens with zero attached hydrogens (tertiary/aromatic N) is 3. The van der Waals surface area contributed by atoms with Gasteiger partial charge in [-0.15, -0.1) is 0 Å². The fourth-order valence-electron chi connectivity index (χ4n) is 2.96. The van der Waals surface area contributed by atoms with Crippen molar-refractivity contribution in [2.45, 2.75) is 6.42 Å². The van der Waals surface area contributed by atoms with E-state index in [1.165, 1.54) is 12.4 Å². The monoisotopic (exact) mass is 474 g/mol. The van der Waals surface area contributed by atoms with E-state index in [0.717, 1.165) is 35.2 Å². The Bertz CT molecular complexity index is 1320. The van der Waals surface area contributed by atoms with E-state index in [0.29, 0.717) is 23.4 Å². The summed E-state index contributed by atoms with van der Waals surface area (Å²) in [6, 6.07) is 11.0. The molecule has 0 aliphatic rings. The predicted octanol–water partition coefficient (Wildman–Crippen LogP) is 2.88. The topological polar surface area (TPSA) is 127 Å². The molecule has 0 amide bonds. The highest BCUT2D eigenvalue weighted by Crippen LogP contribution is 2.28. The van der Waals surface area contributed by atoms with Crippen molar-refractivity contribution < 1.29 is 36.9 Å². The van der Waals surface area contributed by atoms with Gasteiger partial charge in [-0.3, -0.25) is 14.9 Å². The lowest BCUT2D eigenvalue weighted by atomic mass is 10.1. The minimum absolute atomic E-state index is 0.00744. The highest BCUT2D eigenvalue weighted by molar-refractivity contribution is 7.50. The Morgan fingerprint density at radius 3 is 2.61 bits per heavy atom. The molecule has 1 atom stereocenters. The summed E-state index contributed by atoms with van der Waals surface area (Å²) in [5.41, 5.74) is 7.73. The van der Waals surface area contributed by atoms with Crippen LogP contribution in [0.5, 0.6) is 11.6 Å². The quantitative estimate of drug-likeness (QED) is 0.320. The summed E-state index contributed by atoms with van der Waals surface area (Å²) >= 11 is 0. The number of anilines is 1. The first-order valence-electron chi connectivity index (χ1n) is 9.50. The Kier molecular flexibility index (Phi) is 6.08. The van der Waals surface area contributed by atoms with Crippen molar-refractivity contribution >= 4 is 13.4 Å². The van der Waals surface area contributed by atoms with Crippen molar-refractivity contribution in [2.75, 3.05) is 12.4 Å². The van der Waals surface area contributed by atoms with Gasteiger partial charge in [0.05, 0.1) is 5.69 Å². The van der Waals surface area contributed by atoms with E-state index in [2.05, 4.69) is 10.1 Å². The molecule has 4 aromatic rings. The molecule has 170 valence electrons. The maximum Gasteiger partial charge on any atom is 0.323 e. The fourth-order valence-corrected chi connectivity index (χ4v) is 3.42. The van der Waals surface area contributed by atoms with E-state index in [1.54, 1.807) is 30.3 Å². The molecule has 1 aromatic carbocycles. The molecule has 3 heterocycles. The lowest BCUT2D eigenvalue weighted by Crippen LogP contribution is -2.45. The Balaban J connectivity index is 1.47. The van der Waals surface area contributed by atoms with Gasteiger partial charge in [0.15, 0.2) is 5.76 Å². The number of hydrogen-bond acceptors (Lipinski definition) is 8. The first-order valence-corrected chi connectivity index (χ1v) is 11.5. The number of nitrogens with two attached hydrogens (primary N) is 1. The van der Waals surface area contributed by atoms with Gasteiger partial charge in [-0.25, -0.2) is 13.8 Å². The van der Waals surface area contributed by atoms with Crippen LogP contribution in [-0.4, -0.2) is 16.8 Å². The van der Waals surface area contributed by atoms with Crippen molar-refractivity contribution in [3.8, 4) is 23.0 Å². The van der Waals surface area contributed by atoms with Crippen molar-refractivity contribution in [1.29, 1.82) is 0 Å². The molecule has 0 radical (unpaired) electrons. The molecule has 9 nitrogen and oxygen atoms in total. The summed E-state index contributed by atoms with van der Waals surface area (Å²) in [6.45, 7) is 0.930. The fraction of sp³-hybridized carbons (Fsp3) is 0.0952. The summed E-state index contributed by atoms with van der Waals surface area (Å²) in [4.78, 5) is 15.5. The summed E-state index contributed by atoms with van der Waals surface area (Å²) < 4.78 is 54.5. The maximum atomic E-state index is 13.3. The third kappa shape index (κ3) is 5.71. The van der Waals surface area contributed by atoms with Crippen LogP contribution >= 0.6 is 7.60 Å². The molecule has 0 aliphatic heterocycles. The summed E-state index contributed by atoms with van der Waals surface area (Å²) in [5, 5.41) is 4.00. The van der Waals surface area contributed by atoms with Crippen molar-refractivity contribution in [3.05, 3.63) is 83.8 Å². The largest absolute Gasteiger partial charge is 0.766 e. The molecule has 1 unspecified atom stereocenters. The number of ether oxygens (including phenoxy) is 1. The number of rotatable bonds is 7. The second kappa shape index (κ2) is 8.97. The van der Waals surface area contributed by atoms with Crippen LogP contribution in [0.4, 0.5) is 14.6 Å². The first-order chi connectivity index (χ1) is 15.7. The molecule has 4 rings (SSSR count). The third-order valence-corrected chi connectivity index (χ3v) is 4.77. The third-order valence-electron chi connectivity index (χ3n) is 4.30. The molecule has 2 N–H and O–H groups in total. The van der Waals surface area contributed by atoms with E-state index in [9.17, 15) is 18.2 Å². The average molecular weight is 474 g/mol. The molecular formula is C21H17F2N4O5P. The zero-order valence-electron chi connectivity index (χ0n) is 17.1. The first kappa shape index (κ1) is 22.4. The van der Waals surface area contributed by atoms with Gasteiger partial charge < -0.3 is 14.2 Å². The number of halogens is 2. The van der Waals surface area contributed by atoms with Gasteiger partial charge >= 0.3 is 5.82 Å². The molecule has 0 saturated carbocycles. The lowest BCUT2D eigenvalue weighted by Gasteiger charge is -2.16. The van der Waals surface area contributed by atoms with Crippen LogP contribution < -0.4 is 24.7 Å². The number of pyridine rings is 2. The summed E-state index contributed by atoms with van der Waals surface area (Å²) in [6.07, 6.45) is 3.25. The van der Waals surface area contributed by atoms with Crippen molar-refractivity contribution in [2.24, 2.45) is 0 Å². The smallest absolute Gasteiger partial charge is 0.323 e. The Morgan fingerprint density at radius 2 is 1.94 bits per heavy atom. The van der Waals surface area contributed by atoms with E-state index < -0.39 is 19.2 Å². The number of hydrogen-bond donors (Lipinski definition) is 1. The highest BCUT2D eigenvalue weighted by Gasteiger charge is 2.20. The van der Waals surface area contributed by atoms with Gasteiger partial charge in [0.1, 0.15) is 29.1 Å². The van der Waals surface area contributed by atoms with Gasteiger partial charge in [0, 0.05) is 49.6 Å². The van der Waals surface area contributed by atoms with E-state index in [4.69, 9.17) is 19.6 Å². The molecule has 33 heavy (non-hydrogen) atoms. The SMILES string of the molecule is CP(=O)([O-])O[n+]1cccc(-c2cc(Cc3ccc(Oc4cc(F)cc(F)c4)nc3)no2)c1N. The minimum atomic E-state index is -4.07. The maximum absolute atomic E-state index is 13.3. The average Bonchev–Trinajstić information content (AvgIpc) is 3.17. The Hall–Kier alpha value is -3.82. The normalized spacial score (nSPS) is 12.8. The van der Waals surface area contributed by atoms with Crippen LogP contribution in [0.25, 0.3) is 11.3 Å². The summed E-state index contributed by atoms with van der Waals surface area (Å²) in [5.74, 6) is -1.01. The van der Waals surface area contributed by atoms with E-state index in [-0.39, 0.29) is 17.4 Å². The zero-order valence-corrected chi connectivity index (χ0v) is 18.0. The van der Waals surface area contributed by atoms with Crippen LogP contribution in [0.3, 0.4) is 0 Å². The number of aromatic nitrogens is 3. The molecule has 0 aliphatic carbocycles. The van der Waals surface area contributed by atoms with Crippen LogP contribution in [0.2, 0.25) is 0 Å². The molecule has 3 aromatic heterocycles. The zero-order chi connectivity index (χ0) is 23.6. The van der Waals surface area contributed by atoms with Crippen LogP contribution in [0, 0.1) is 11.6 Å². The Morgan fingerprint density at radius 1 is 1.18 bits per heavy atom. The van der Waals surface area contributed by atoms with Gasteiger partial charge in [-0.05, 0) is 22.4 Å². The van der Waals surface area contributed by atoms with Crippen molar-refractivity contribution in [1.82, 2.24) is 10.1 Å². The van der Waals surface area contributed by atoms with Crippen molar-refractivity contribution in [3.63, 3.8) is 0 Å². The Labute approximate surface area is 186 Å². The van der Waals surface area contributed by atoms with Gasteiger partial charge in [-0.1, -0.05) is 11.2 Å². The molecule has 12 heteroatoms. The second-order valence-electron chi connectivity index (χ2n) is 7.06. The standard InChI is InChI=1S/C21H17F2N4O5P/c1-33(28,29)32-27-6-2-3-18(21(27)24)19-11-16(26-31-19)7-13-4-5-20(25-12-13)30-17-9-14(22)8-15(23)10-17/h2-6,8-12,24H,7H2,1H3,(H,28,29). The second-order valence-corrected chi connectivity index (χ2v) is 8.76. The molecule has 0 fully saturated rings. The lowest BCUT2D eigenvalue weighted by molar-refractivity contribution is -0.850. The van der Waals surface area contributed by atoms with E-state index >= 15 is 0 Å². The molecule has 0 bridgehead atoms. The number of benzene rings is 1. The van der Waals surface area contributed by atoms with Gasteiger partial charge in [-0.2, -0.15) is 0 Å². The molecule has 0 spiro atoms. The minimum Gasteiger partial charge on any atom is -0.766 e. The van der Waals surface area contributed by atoms with Crippen LogP contribution in [0.1, 0.15) is 11.3 Å². The predicted molar refractivity (Wildman–Crippen MR) is 110 cm³/mol. The van der Waals surface area contributed by atoms with Gasteiger partial charge in [0.25, 0.3) is 0 Å². The number of nitrogen functional groups attached to an aromatic ring is 1.